The van der Waals surface area contributed by atoms with Crippen molar-refractivity contribution in [2.75, 3.05) is 24.6 Å². The van der Waals surface area contributed by atoms with E-state index in [9.17, 15) is 0 Å². The predicted molar refractivity (Wildman–Crippen MR) is 98.9 cm³/mol. The zero-order valence-electron chi connectivity index (χ0n) is 14.4. The van der Waals surface area contributed by atoms with Crippen molar-refractivity contribution in [3.05, 3.63) is 54.5 Å². The van der Waals surface area contributed by atoms with Gasteiger partial charge in [-0.15, -0.1) is 0 Å². The molecule has 0 radical (unpaired) electrons. The third kappa shape index (κ3) is 3.55. The summed E-state index contributed by atoms with van der Waals surface area (Å²) in [5.41, 5.74) is 0.771. The molecule has 1 aromatic carbocycles. The molecule has 5 nitrogen and oxygen atoms in total. The van der Waals surface area contributed by atoms with E-state index >= 15 is 0 Å². The summed E-state index contributed by atoms with van der Waals surface area (Å²) in [5, 5.41) is 1.03. The van der Waals surface area contributed by atoms with E-state index in [0.717, 1.165) is 54.5 Å². The first kappa shape index (κ1) is 15.8. The van der Waals surface area contributed by atoms with Crippen molar-refractivity contribution < 1.29 is 4.74 Å². The molecular weight excluding hydrogens is 312 g/mol. The summed E-state index contributed by atoms with van der Waals surface area (Å²) < 4.78 is 5.97. The van der Waals surface area contributed by atoms with Gasteiger partial charge in [0.05, 0.1) is 12.0 Å². The number of aromatic nitrogens is 3. The van der Waals surface area contributed by atoms with Crippen LogP contribution in [0.15, 0.2) is 48.7 Å². The van der Waals surface area contributed by atoms with Gasteiger partial charge in [0.1, 0.15) is 17.4 Å². The lowest BCUT2D eigenvalue weighted by atomic mass is 9.98. The Morgan fingerprint density at radius 1 is 1.12 bits per heavy atom. The number of anilines is 1. The standard InChI is InChI=1S/C20H22N4O/c1-15-22-19-18(10-5-11-21-19)20(23-15)24-12-6-7-16(13-24)14-25-17-8-3-2-4-9-17/h2-5,8-11,16H,6-7,12-14H2,1H3/t16-/m1/s1. The Hall–Kier alpha value is -2.69. The van der Waals surface area contributed by atoms with Crippen molar-refractivity contribution in [1.29, 1.82) is 0 Å². The summed E-state index contributed by atoms with van der Waals surface area (Å²) in [6, 6.07) is 14.0. The molecule has 25 heavy (non-hydrogen) atoms. The van der Waals surface area contributed by atoms with E-state index in [1.807, 2.05) is 43.3 Å². The van der Waals surface area contributed by atoms with Crippen LogP contribution in [0.1, 0.15) is 18.7 Å². The minimum absolute atomic E-state index is 0.496. The highest BCUT2D eigenvalue weighted by Gasteiger charge is 2.23. The van der Waals surface area contributed by atoms with Gasteiger partial charge in [0, 0.05) is 25.2 Å². The van der Waals surface area contributed by atoms with Crippen LogP contribution < -0.4 is 9.64 Å². The lowest BCUT2D eigenvalue weighted by Gasteiger charge is -2.34. The smallest absolute Gasteiger partial charge is 0.164 e. The Labute approximate surface area is 147 Å². The topological polar surface area (TPSA) is 51.1 Å². The first-order chi connectivity index (χ1) is 12.3. The third-order valence-electron chi connectivity index (χ3n) is 4.61. The molecule has 1 aliphatic rings. The highest BCUT2D eigenvalue weighted by atomic mass is 16.5. The van der Waals surface area contributed by atoms with Crippen LogP contribution in [0.3, 0.4) is 0 Å². The summed E-state index contributed by atoms with van der Waals surface area (Å²) in [6.07, 6.45) is 4.11. The summed E-state index contributed by atoms with van der Waals surface area (Å²) in [4.78, 5) is 15.9. The first-order valence-corrected chi connectivity index (χ1v) is 8.82. The average molecular weight is 334 g/mol. The van der Waals surface area contributed by atoms with E-state index in [1.165, 1.54) is 6.42 Å². The maximum atomic E-state index is 5.97. The molecule has 5 heteroatoms. The maximum Gasteiger partial charge on any atom is 0.164 e. The average Bonchev–Trinajstić information content (AvgIpc) is 2.67. The Bertz CT molecular complexity index is 853. The van der Waals surface area contributed by atoms with Crippen LogP contribution in [0, 0.1) is 12.8 Å². The van der Waals surface area contributed by atoms with E-state index < -0.39 is 0 Å². The fourth-order valence-electron chi connectivity index (χ4n) is 3.42. The quantitative estimate of drug-likeness (QED) is 0.729. The van der Waals surface area contributed by atoms with E-state index in [1.54, 1.807) is 6.20 Å². The lowest BCUT2D eigenvalue weighted by Crippen LogP contribution is -2.38. The van der Waals surface area contributed by atoms with Crippen molar-refractivity contribution >= 4 is 16.9 Å². The molecule has 0 saturated carbocycles. The van der Waals surface area contributed by atoms with Crippen LogP contribution in [0.2, 0.25) is 0 Å². The Morgan fingerprint density at radius 3 is 2.88 bits per heavy atom. The van der Waals surface area contributed by atoms with Crippen LogP contribution >= 0.6 is 0 Å². The molecule has 0 unspecified atom stereocenters. The third-order valence-corrected chi connectivity index (χ3v) is 4.61. The summed E-state index contributed by atoms with van der Waals surface area (Å²) >= 11 is 0. The number of hydrogen-bond acceptors (Lipinski definition) is 5. The van der Waals surface area contributed by atoms with Crippen LogP contribution in [0.4, 0.5) is 5.82 Å². The number of fused-ring (bicyclic) bond motifs is 1. The van der Waals surface area contributed by atoms with Gasteiger partial charge in [0.15, 0.2) is 5.65 Å². The van der Waals surface area contributed by atoms with Crippen molar-refractivity contribution in [2.24, 2.45) is 5.92 Å². The van der Waals surface area contributed by atoms with Gasteiger partial charge in [-0.05, 0) is 44.0 Å². The van der Waals surface area contributed by atoms with Crippen LogP contribution in [0.5, 0.6) is 5.75 Å². The van der Waals surface area contributed by atoms with Gasteiger partial charge in [-0.25, -0.2) is 15.0 Å². The summed E-state index contributed by atoms with van der Waals surface area (Å²) in [7, 11) is 0. The highest BCUT2D eigenvalue weighted by molar-refractivity contribution is 5.86. The predicted octanol–water partition coefficient (Wildman–Crippen LogP) is 3.63. The number of ether oxygens (including phenoxy) is 1. The maximum absolute atomic E-state index is 5.97. The highest BCUT2D eigenvalue weighted by Crippen LogP contribution is 2.27. The minimum Gasteiger partial charge on any atom is -0.493 e. The summed E-state index contributed by atoms with van der Waals surface area (Å²) in [5.74, 6) is 3.20. The molecular formula is C20H22N4O. The number of hydrogen-bond donors (Lipinski definition) is 0. The van der Waals surface area contributed by atoms with Gasteiger partial charge in [0.25, 0.3) is 0 Å². The van der Waals surface area contributed by atoms with E-state index in [4.69, 9.17) is 9.72 Å². The molecule has 0 bridgehead atoms. The van der Waals surface area contributed by atoms with Crippen molar-refractivity contribution in [3.8, 4) is 5.75 Å². The molecule has 1 atom stereocenters. The van der Waals surface area contributed by atoms with E-state index in [2.05, 4.69) is 20.9 Å². The molecule has 1 fully saturated rings. The SMILES string of the molecule is Cc1nc(N2CCC[C@@H](COc3ccccc3)C2)c2cccnc2n1. The molecule has 1 aliphatic heterocycles. The normalized spacial score (nSPS) is 17.6. The second-order valence-corrected chi connectivity index (χ2v) is 6.55. The van der Waals surface area contributed by atoms with Crippen molar-refractivity contribution in [1.82, 2.24) is 15.0 Å². The number of piperidine rings is 1. The molecule has 0 spiro atoms. The fourth-order valence-corrected chi connectivity index (χ4v) is 3.42. The van der Waals surface area contributed by atoms with Crippen molar-refractivity contribution in [2.45, 2.75) is 19.8 Å². The van der Waals surface area contributed by atoms with Gasteiger partial charge >= 0.3 is 0 Å². The fraction of sp³-hybridized carbons (Fsp3) is 0.350. The number of pyridine rings is 1. The van der Waals surface area contributed by atoms with Gasteiger partial charge in [0.2, 0.25) is 0 Å². The number of rotatable bonds is 4. The number of aryl methyl sites for hydroxylation is 1. The van der Waals surface area contributed by atoms with Crippen molar-refractivity contribution in [3.63, 3.8) is 0 Å². The second kappa shape index (κ2) is 7.05. The molecule has 1 saturated heterocycles. The molecule has 0 amide bonds. The molecule has 0 N–H and O–H groups in total. The van der Waals surface area contributed by atoms with Crippen LogP contribution in [-0.2, 0) is 0 Å². The Kier molecular flexibility index (Phi) is 4.46. The zero-order valence-corrected chi connectivity index (χ0v) is 14.4. The lowest BCUT2D eigenvalue weighted by molar-refractivity contribution is 0.228. The molecule has 3 aromatic rings. The molecule has 3 heterocycles. The monoisotopic (exact) mass is 334 g/mol. The minimum atomic E-state index is 0.496. The second-order valence-electron chi connectivity index (χ2n) is 6.55. The van der Waals surface area contributed by atoms with Gasteiger partial charge in [-0.1, -0.05) is 18.2 Å². The van der Waals surface area contributed by atoms with Gasteiger partial charge in [-0.3, -0.25) is 0 Å². The number of benzene rings is 1. The zero-order chi connectivity index (χ0) is 17.1. The molecule has 2 aromatic heterocycles. The largest absolute Gasteiger partial charge is 0.493 e. The molecule has 4 rings (SSSR count). The van der Waals surface area contributed by atoms with Gasteiger partial charge < -0.3 is 9.64 Å². The Balaban J connectivity index is 1.51. The molecule has 0 aliphatic carbocycles. The first-order valence-electron chi connectivity index (χ1n) is 8.82. The Morgan fingerprint density at radius 2 is 2.00 bits per heavy atom. The van der Waals surface area contributed by atoms with E-state index in [-0.39, 0.29) is 0 Å². The summed E-state index contributed by atoms with van der Waals surface area (Å²) in [6.45, 7) is 4.63. The van der Waals surface area contributed by atoms with Gasteiger partial charge in [-0.2, -0.15) is 0 Å². The number of para-hydroxylation sites is 1. The number of nitrogens with zero attached hydrogens (tertiary/aromatic N) is 4. The van der Waals surface area contributed by atoms with Crippen LogP contribution in [0.25, 0.3) is 11.0 Å². The van der Waals surface area contributed by atoms with E-state index in [0.29, 0.717) is 5.92 Å². The van der Waals surface area contributed by atoms with Crippen LogP contribution in [-0.4, -0.2) is 34.6 Å². The molecule has 128 valence electrons.